The van der Waals surface area contributed by atoms with Crippen molar-refractivity contribution in [3.8, 4) is 0 Å². The summed E-state index contributed by atoms with van der Waals surface area (Å²) in [5.74, 6) is 0.0327. The molecule has 0 aliphatic heterocycles. The van der Waals surface area contributed by atoms with Gasteiger partial charge in [-0.15, -0.1) is 0 Å². The van der Waals surface area contributed by atoms with E-state index in [4.69, 9.17) is 4.42 Å². The first-order valence-corrected chi connectivity index (χ1v) is 6.19. The standard InChI is InChI=1S/C15H17NO2/c1-3-16(4-2)15(17)10-9-12-11-18-14-8-6-5-7-13(12)14/h5-11H,3-4H2,1-2H3. The number of carbonyl (C=O) groups is 1. The van der Waals surface area contributed by atoms with Gasteiger partial charge < -0.3 is 9.32 Å². The van der Waals surface area contributed by atoms with Crippen molar-refractivity contribution >= 4 is 23.0 Å². The molecule has 1 heterocycles. The number of furan rings is 1. The molecule has 3 nitrogen and oxygen atoms in total. The van der Waals surface area contributed by atoms with Crippen LogP contribution in [0.15, 0.2) is 41.0 Å². The number of rotatable bonds is 4. The van der Waals surface area contributed by atoms with E-state index in [9.17, 15) is 4.79 Å². The van der Waals surface area contributed by atoms with E-state index in [0.717, 1.165) is 29.6 Å². The van der Waals surface area contributed by atoms with Crippen molar-refractivity contribution in [1.29, 1.82) is 0 Å². The molecular formula is C15H17NO2. The van der Waals surface area contributed by atoms with E-state index in [1.807, 2.05) is 44.2 Å². The lowest BCUT2D eigenvalue weighted by atomic mass is 10.1. The molecule has 94 valence electrons. The molecule has 1 aromatic carbocycles. The van der Waals surface area contributed by atoms with Gasteiger partial charge >= 0.3 is 0 Å². The van der Waals surface area contributed by atoms with E-state index in [1.165, 1.54) is 0 Å². The molecule has 0 saturated heterocycles. The van der Waals surface area contributed by atoms with Crippen molar-refractivity contribution in [2.45, 2.75) is 13.8 Å². The van der Waals surface area contributed by atoms with E-state index in [1.54, 1.807) is 17.2 Å². The van der Waals surface area contributed by atoms with Gasteiger partial charge in [0, 0.05) is 30.1 Å². The lowest BCUT2D eigenvalue weighted by Crippen LogP contribution is -2.28. The number of nitrogens with zero attached hydrogens (tertiary/aromatic N) is 1. The Morgan fingerprint density at radius 3 is 2.72 bits per heavy atom. The molecule has 0 fully saturated rings. The smallest absolute Gasteiger partial charge is 0.246 e. The fourth-order valence-corrected chi connectivity index (χ4v) is 1.93. The van der Waals surface area contributed by atoms with E-state index >= 15 is 0 Å². The van der Waals surface area contributed by atoms with Crippen molar-refractivity contribution in [2.24, 2.45) is 0 Å². The van der Waals surface area contributed by atoms with E-state index in [0.29, 0.717) is 0 Å². The number of fused-ring (bicyclic) bond motifs is 1. The van der Waals surface area contributed by atoms with E-state index in [-0.39, 0.29) is 5.91 Å². The summed E-state index contributed by atoms with van der Waals surface area (Å²) in [5, 5.41) is 1.03. The van der Waals surface area contributed by atoms with Crippen molar-refractivity contribution in [3.05, 3.63) is 42.2 Å². The lowest BCUT2D eigenvalue weighted by molar-refractivity contribution is -0.125. The summed E-state index contributed by atoms with van der Waals surface area (Å²) in [6.45, 7) is 5.41. The highest BCUT2D eigenvalue weighted by Gasteiger charge is 2.06. The zero-order valence-electron chi connectivity index (χ0n) is 10.7. The minimum Gasteiger partial charge on any atom is -0.464 e. The molecule has 18 heavy (non-hydrogen) atoms. The van der Waals surface area contributed by atoms with Gasteiger partial charge in [0.25, 0.3) is 0 Å². The Labute approximate surface area is 107 Å². The van der Waals surface area contributed by atoms with Crippen LogP contribution in [0.25, 0.3) is 17.0 Å². The van der Waals surface area contributed by atoms with Gasteiger partial charge in [-0.1, -0.05) is 18.2 Å². The largest absolute Gasteiger partial charge is 0.464 e. The maximum absolute atomic E-state index is 11.8. The van der Waals surface area contributed by atoms with Gasteiger partial charge in [0.1, 0.15) is 5.58 Å². The first kappa shape index (κ1) is 12.4. The van der Waals surface area contributed by atoms with Crippen LogP contribution in [0.3, 0.4) is 0 Å². The molecule has 0 aliphatic rings. The molecule has 2 rings (SSSR count). The second-order valence-electron chi connectivity index (χ2n) is 4.03. The number of carbonyl (C=O) groups excluding carboxylic acids is 1. The highest BCUT2D eigenvalue weighted by Crippen LogP contribution is 2.21. The molecule has 2 aromatic rings. The average molecular weight is 243 g/mol. The summed E-state index contributed by atoms with van der Waals surface area (Å²) in [5.41, 5.74) is 1.78. The predicted octanol–water partition coefficient (Wildman–Crippen LogP) is 3.31. The number of likely N-dealkylation sites (N-methyl/N-ethyl adjacent to an activating group) is 1. The molecule has 1 amide bonds. The van der Waals surface area contributed by atoms with Gasteiger partial charge in [0.2, 0.25) is 5.91 Å². The maximum atomic E-state index is 11.8. The summed E-state index contributed by atoms with van der Waals surface area (Å²) in [7, 11) is 0. The SMILES string of the molecule is CCN(CC)C(=O)C=Cc1coc2ccccc12. The molecule has 0 atom stereocenters. The Bertz CT molecular complexity index is 565. The molecule has 1 aromatic heterocycles. The molecule has 0 radical (unpaired) electrons. The van der Waals surface area contributed by atoms with E-state index in [2.05, 4.69) is 0 Å². The highest BCUT2D eigenvalue weighted by atomic mass is 16.3. The highest BCUT2D eigenvalue weighted by molar-refractivity contribution is 5.95. The summed E-state index contributed by atoms with van der Waals surface area (Å²) < 4.78 is 5.42. The molecule has 0 saturated carbocycles. The van der Waals surface area contributed by atoms with Gasteiger partial charge in [-0.25, -0.2) is 0 Å². The number of hydrogen-bond acceptors (Lipinski definition) is 2. The quantitative estimate of drug-likeness (QED) is 0.772. The predicted molar refractivity (Wildman–Crippen MR) is 73.2 cm³/mol. The molecule has 0 unspecified atom stereocenters. The van der Waals surface area contributed by atoms with Crippen LogP contribution in [0, 0.1) is 0 Å². The summed E-state index contributed by atoms with van der Waals surface area (Å²) in [6.07, 6.45) is 5.09. The van der Waals surface area contributed by atoms with Gasteiger partial charge in [-0.3, -0.25) is 4.79 Å². The number of amides is 1. The molecule has 3 heteroatoms. The van der Waals surface area contributed by atoms with Crippen LogP contribution in [0.1, 0.15) is 19.4 Å². The van der Waals surface area contributed by atoms with Gasteiger partial charge in [-0.05, 0) is 26.0 Å². The molecule has 0 aliphatic carbocycles. The molecular weight excluding hydrogens is 226 g/mol. The van der Waals surface area contributed by atoms with Crippen LogP contribution >= 0.6 is 0 Å². The normalized spacial score (nSPS) is 11.2. The third-order valence-corrected chi connectivity index (χ3v) is 2.99. The van der Waals surface area contributed by atoms with Crippen molar-refractivity contribution < 1.29 is 9.21 Å². The Kier molecular flexibility index (Phi) is 3.82. The van der Waals surface area contributed by atoms with Crippen LogP contribution in [-0.4, -0.2) is 23.9 Å². The van der Waals surface area contributed by atoms with Crippen LogP contribution in [-0.2, 0) is 4.79 Å². The Morgan fingerprint density at radius 1 is 1.28 bits per heavy atom. The van der Waals surface area contributed by atoms with Crippen molar-refractivity contribution in [2.75, 3.05) is 13.1 Å². The van der Waals surface area contributed by atoms with Crippen LogP contribution in [0.5, 0.6) is 0 Å². The minimum absolute atomic E-state index is 0.0327. The second-order valence-corrected chi connectivity index (χ2v) is 4.03. The lowest BCUT2D eigenvalue weighted by Gasteiger charge is -2.15. The van der Waals surface area contributed by atoms with Gasteiger partial charge in [0.15, 0.2) is 0 Å². The third kappa shape index (κ3) is 2.45. The summed E-state index contributed by atoms with van der Waals surface area (Å²) >= 11 is 0. The first-order chi connectivity index (χ1) is 8.76. The maximum Gasteiger partial charge on any atom is 0.246 e. The van der Waals surface area contributed by atoms with Crippen LogP contribution in [0.4, 0.5) is 0 Å². The second kappa shape index (κ2) is 5.54. The minimum atomic E-state index is 0.0327. The Balaban J connectivity index is 2.21. The van der Waals surface area contributed by atoms with Crippen LogP contribution < -0.4 is 0 Å². The number of hydrogen-bond donors (Lipinski definition) is 0. The molecule has 0 spiro atoms. The van der Waals surface area contributed by atoms with Crippen LogP contribution in [0.2, 0.25) is 0 Å². The summed E-state index contributed by atoms with van der Waals surface area (Å²) in [4.78, 5) is 13.6. The topological polar surface area (TPSA) is 33.5 Å². The molecule has 0 N–H and O–H groups in total. The number of benzene rings is 1. The van der Waals surface area contributed by atoms with Crippen molar-refractivity contribution in [1.82, 2.24) is 4.90 Å². The van der Waals surface area contributed by atoms with E-state index < -0.39 is 0 Å². The Hall–Kier alpha value is -2.03. The van der Waals surface area contributed by atoms with Crippen molar-refractivity contribution in [3.63, 3.8) is 0 Å². The summed E-state index contributed by atoms with van der Waals surface area (Å²) in [6, 6.07) is 7.79. The number of para-hydroxylation sites is 1. The van der Waals surface area contributed by atoms with Gasteiger partial charge in [0.05, 0.1) is 6.26 Å². The fraction of sp³-hybridized carbons (Fsp3) is 0.267. The molecule has 0 bridgehead atoms. The fourth-order valence-electron chi connectivity index (χ4n) is 1.93. The zero-order valence-corrected chi connectivity index (χ0v) is 10.7. The van der Waals surface area contributed by atoms with Gasteiger partial charge in [-0.2, -0.15) is 0 Å². The zero-order chi connectivity index (χ0) is 13.0. The third-order valence-electron chi connectivity index (χ3n) is 2.99. The average Bonchev–Trinajstić information content (AvgIpc) is 2.81. The Morgan fingerprint density at radius 2 is 2.00 bits per heavy atom. The monoisotopic (exact) mass is 243 g/mol. The first-order valence-electron chi connectivity index (χ1n) is 6.19.